The molecular weight excluding hydrogens is 334 g/mol. The van der Waals surface area contributed by atoms with Crippen LogP contribution < -0.4 is 0 Å². The lowest BCUT2D eigenvalue weighted by Gasteiger charge is -2.47. The van der Waals surface area contributed by atoms with E-state index >= 15 is 0 Å². The van der Waals surface area contributed by atoms with Crippen molar-refractivity contribution in [3.05, 3.63) is 16.1 Å². The van der Waals surface area contributed by atoms with Gasteiger partial charge in [-0.2, -0.15) is 0 Å². The molecule has 2 amide bonds. The largest absolute Gasteiger partial charge is 0.342 e. The number of amides is 2. The van der Waals surface area contributed by atoms with Gasteiger partial charge in [-0.25, -0.2) is 4.98 Å². The van der Waals surface area contributed by atoms with E-state index in [4.69, 9.17) is 0 Å². The molecule has 0 aromatic carbocycles. The number of likely N-dealkylation sites (tertiary alicyclic amines) is 2. The number of thiazole rings is 1. The predicted molar refractivity (Wildman–Crippen MR) is 97.0 cm³/mol. The first-order valence-corrected chi connectivity index (χ1v) is 10.3. The monoisotopic (exact) mass is 361 g/mol. The van der Waals surface area contributed by atoms with Crippen molar-refractivity contribution in [2.24, 2.45) is 17.3 Å². The zero-order valence-corrected chi connectivity index (χ0v) is 16.0. The molecule has 0 radical (unpaired) electrons. The van der Waals surface area contributed by atoms with E-state index in [1.807, 2.05) is 11.8 Å². The zero-order valence-electron chi connectivity index (χ0n) is 15.2. The Kier molecular flexibility index (Phi) is 4.34. The van der Waals surface area contributed by atoms with Gasteiger partial charge in [-0.05, 0) is 43.9 Å². The minimum atomic E-state index is 0.199. The van der Waals surface area contributed by atoms with Crippen LogP contribution in [0.1, 0.15) is 49.7 Å². The molecule has 2 unspecified atom stereocenters. The zero-order chi connectivity index (χ0) is 17.6. The van der Waals surface area contributed by atoms with E-state index in [0.29, 0.717) is 24.8 Å². The van der Waals surface area contributed by atoms with E-state index in [1.54, 1.807) is 11.3 Å². The molecule has 1 saturated carbocycles. The fourth-order valence-electron chi connectivity index (χ4n) is 4.43. The summed E-state index contributed by atoms with van der Waals surface area (Å²) in [6.45, 7) is 7.34. The van der Waals surface area contributed by atoms with Crippen LogP contribution in [0.5, 0.6) is 0 Å². The first kappa shape index (κ1) is 17.0. The predicted octanol–water partition coefficient (Wildman–Crippen LogP) is 2.84. The van der Waals surface area contributed by atoms with Crippen molar-refractivity contribution < 1.29 is 9.59 Å². The van der Waals surface area contributed by atoms with Crippen molar-refractivity contribution in [2.75, 3.05) is 19.6 Å². The maximum atomic E-state index is 12.5. The molecule has 1 aromatic rings. The minimum absolute atomic E-state index is 0.199. The van der Waals surface area contributed by atoms with Gasteiger partial charge in [0.15, 0.2) is 0 Å². The van der Waals surface area contributed by atoms with E-state index in [9.17, 15) is 9.59 Å². The number of rotatable bonds is 3. The fraction of sp³-hybridized carbons (Fsp3) is 0.737. The summed E-state index contributed by atoms with van der Waals surface area (Å²) in [4.78, 5) is 33.4. The van der Waals surface area contributed by atoms with Gasteiger partial charge in [0, 0.05) is 37.4 Å². The average Bonchev–Trinajstić information content (AvgIpc) is 3.19. The number of aromatic nitrogens is 1. The second-order valence-corrected chi connectivity index (χ2v) is 9.31. The molecule has 3 heterocycles. The van der Waals surface area contributed by atoms with E-state index in [2.05, 4.69) is 22.2 Å². The lowest BCUT2D eigenvalue weighted by atomic mass is 9.72. The lowest BCUT2D eigenvalue weighted by molar-refractivity contribution is -0.143. The average molecular weight is 362 g/mol. The highest BCUT2D eigenvalue weighted by molar-refractivity contribution is 7.09. The third-order valence-electron chi connectivity index (χ3n) is 6.33. The Morgan fingerprint density at radius 2 is 2.08 bits per heavy atom. The van der Waals surface area contributed by atoms with E-state index in [1.165, 1.54) is 0 Å². The number of aryl methyl sites for hydroxylation is 1. The quantitative estimate of drug-likeness (QED) is 0.832. The van der Waals surface area contributed by atoms with Crippen molar-refractivity contribution >= 4 is 23.2 Å². The summed E-state index contributed by atoms with van der Waals surface area (Å²) >= 11 is 1.64. The van der Waals surface area contributed by atoms with Crippen LogP contribution in [0.3, 0.4) is 0 Å². The van der Waals surface area contributed by atoms with E-state index < -0.39 is 0 Å². The van der Waals surface area contributed by atoms with Gasteiger partial charge in [0.25, 0.3) is 0 Å². The van der Waals surface area contributed by atoms with Gasteiger partial charge in [0.05, 0.1) is 17.2 Å². The number of carbonyl (C=O) groups excluding carboxylic acids is 2. The maximum Gasteiger partial charge on any atom is 0.225 e. The maximum absolute atomic E-state index is 12.5. The summed E-state index contributed by atoms with van der Waals surface area (Å²) in [5.74, 6) is 1.48. The van der Waals surface area contributed by atoms with Crippen LogP contribution in [0, 0.1) is 24.2 Å². The molecular formula is C19H27N3O2S. The Labute approximate surface area is 153 Å². The van der Waals surface area contributed by atoms with Gasteiger partial charge in [-0.3, -0.25) is 9.59 Å². The Morgan fingerprint density at radius 3 is 2.68 bits per heavy atom. The molecule has 25 heavy (non-hydrogen) atoms. The van der Waals surface area contributed by atoms with Crippen LogP contribution in [0.2, 0.25) is 0 Å². The van der Waals surface area contributed by atoms with Gasteiger partial charge in [-0.1, -0.05) is 6.92 Å². The Hall–Kier alpha value is -1.43. The van der Waals surface area contributed by atoms with Gasteiger partial charge in [0.1, 0.15) is 0 Å². The molecule has 136 valence electrons. The molecule has 0 bridgehead atoms. The number of nitrogens with zero attached hydrogens (tertiary/aromatic N) is 3. The summed E-state index contributed by atoms with van der Waals surface area (Å²) in [5.41, 5.74) is 1.20. The second kappa shape index (κ2) is 6.38. The molecule has 4 rings (SSSR count). The van der Waals surface area contributed by atoms with Crippen molar-refractivity contribution in [1.29, 1.82) is 0 Å². The fourth-order valence-corrected chi connectivity index (χ4v) is 5.04. The number of hydrogen-bond donors (Lipinski definition) is 0. The number of piperidine rings is 2. The first-order chi connectivity index (χ1) is 12.0. The normalized spacial score (nSPS) is 28.5. The number of carbonyl (C=O) groups is 2. The Morgan fingerprint density at radius 1 is 1.36 bits per heavy atom. The minimum Gasteiger partial charge on any atom is -0.342 e. The lowest BCUT2D eigenvalue weighted by Crippen LogP contribution is -2.52. The molecule has 2 saturated heterocycles. The molecule has 2 aliphatic heterocycles. The molecule has 5 nitrogen and oxygen atoms in total. The molecule has 1 spiro atoms. The smallest absolute Gasteiger partial charge is 0.225 e. The summed E-state index contributed by atoms with van der Waals surface area (Å²) in [7, 11) is 0. The van der Waals surface area contributed by atoms with Gasteiger partial charge < -0.3 is 9.80 Å². The van der Waals surface area contributed by atoms with Crippen LogP contribution in [-0.4, -0.2) is 46.2 Å². The van der Waals surface area contributed by atoms with E-state index in [0.717, 1.165) is 56.0 Å². The molecule has 1 aliphatic carbocycles. The Bertz CT molecular complexity index is 678. The van der Waals surface area contributed by atoms with Gasteiger partial charge in [0.2, 0.25) is 11.8 Å². The highest BCUT2D eigenvalue weighted by Crippen LogP contribution is 2.43. The molecule has 3 aliphatic rings. The van der Waals surface area contributed by atoms with Crippen LogP contribution in [0.15, 0.2) is 5.38 Å². The summed E-state index contributed by atoms with van der Waals surface area (Å²) in [5, 5.41) is 3.11. The van der Waals surface area contributed by atoms with Crippen molar-refractivity contribution in [3.63, 3.8) is 0 Å². The summed E-state index contributed by atoms with van der Waals surface area (Å²) in [6.07, 6.45) is 4.73. The SMILES string of the molecule is Cc1nc(CN2CC3(CCC2=O)CCN(C(=O)C2CC2C)CC3)cs1. The van der Waals surface area contributed by atoms with Gasteiger partial charge >= 0.3 is 0 Å². The van der Waals surface area contributed by atoms with Crippen LogP contribution in [0.4, 0.5) is 0 Å². The third-order valence-corrected chi connectivity index (χ3v) is 7.15. The summed E-state index contributed by atoms with van der Waals surface area (Å²) in [6, 6.07) is 0. The highest BCUT2D eigenvalue weighted by Gasteiger charge is 2.45. The highest BCUT2D eigenvalue weighted by atomic mass is 32.1. The number of hydrogen-bond acceptors (Lipinski definition) is 4. The standard InChI is InChI=1S/C19H27N3O2S/c1-13-9-16(13)18(24)21-7-5-19(6-8-21)4-3-17(23)22(12-19)10-15-11-25-14(2)20-15/h11,13,16H,3-10,12H2,1-2H3. The third kappa shape index (κ3) is 3.46. The molecule has 3 fully saturated rings. The Balaban J connectivity index is 1.37. The summed E-state index contributed by atoms with van der Waals surface area (Å²) < 4.78 is 0. The molecule has 0 N–H and O–H groups in total. The van der Waals surface area contributed by atoms with Crippen LogP contribution in [0.25, 0.3) is 0 Å². The molecule has 6 heteroatoms. The van der Waals surface area contributed by atoms with Crippen LogP contribution in [-0.2, 0) is 16.1 Å². The molecule has 1 aromatic heterocycles. The van der Waals surface area contributed by atoms with E-state index in [-0.39, 0.29) is 17.2 Å². The van der Waals surface area contributed by atoms with Gasteiger partial charge in [-0.15, -0.1) is 11.3 Å². The van der Waals surface area contributed by atoms with Crippen molar-refractivity contribution in [3.8, 4) is 0 Å². The molecule has 2 atom stereocenters. The van der Waals surface area contributed by atoms with Crippen molar-refractivity contribution in [2.45, 2.75) is 52.5 Å². The topological polar surface area (TPSA) is 53.5 Å². The van der Waals surface area contributed by atoms with Crippen molar-refractivity contribution in [1.82, 2.24) is 14.8 Å². The van der Waals surface area contributed by atoms with Crippen LogP contribution >= 0.6 is 11.3 Å². The second-order valence-electron chi connectivity index (χ2n) is 8.25. The first-order valence-electron chi connectivity index (χ1n) is 9.43.